The van der Waals surface area contributed by atoms with Crippen LogP contribution in [0.3, 0.4) is 0 Å². The number of carbonyl (C=O) groups excluding carboxylic acids is 1. The largest absolute Gasteiger partial charge is 0.444 e. The summed E-state index contributed by atoms with van der Waals surface area (Å²) in [4.78, 5) is 11.6. The van der Waals surface area contributed by atoms with Crippen LogP contribution in [0, 0.1) is 0 Å². The van der Waals surface area contributed by atoms with Crippen molar-refractivity contribution in [1.29, 1.82) is 0 Å². The van der Waals surface area contributed by atoms with Gasteiger partial charge in [0.1, 0.15) is 5.60 Å². The third-order valence-corrected chi connectivity index (χ3v) is 2.83. The minimum Gasteiger partial charge on any atom is -0.444 e. The quantitative estimate of drug-likeness (QED) is 0.801. The Morgan fingerprint density at radius 1 is 1.40 bits per heavy atom. The van der Waals surface area contributed by atoms with E-state index < -0.39 is 11.7 Å². The molecule has 0 fully saturated rings. The third kappa shape index (κ3) is 7.34. The second kappa shape index (κ2) is 8.10. The maximum Gasteiger partial charge on any atom is 0.407 e. The molecule has 0 bridgehead atoms. The van der Waals surface area contributed by atoms with Crippen molar-refractivity contribution < 1.29 is 9.53 Å². The van der Waals surface area contributed by atoms with Crippen molar-refractivity contribution in [2.75, 3.05) is 5.33 Å². The molecule has 0 aromatic heterocycles. The number of benzene rings is 1. The Hall–Kier alpha value is -1.29. The molecule has 1 N–H and O–H groups in total. The molecular weight excluding hydrogens is 318 g/mol. The highest BCUT2D eigenvalue weighted by molar-refractivity contribution is 9.09. The van der Waals surface area contributed by atoms with E-state index >= 15 is 0 Å². The fourth-order valence-corrected chi connectivity index (χ4v) is 1.84. The van der Waals surface area contributed by atoms with E-state index in [0.717, 1.165) is 22.9 Å². The summed E-state index contributed by atoms with van der Waals surface area (Å²) >= 11 is 3.39. The summed E-state index contributed by atoms with van der Waals surface area (Å²) in [6, 6.07) is 8.07. The van der Waals surface area contributed by atoms with Crippen molar-refractivity contribution in [3.8, 4) is 0 Å². The number of alkyl carbamates (subject to hydrolysis) is 1. The number of alkyl halides is 1. The van der Waals surface area contributed by atoms with Gasteiger partial charge >= 0.3 is 6.09 Å². The smallest absolute Gasteiger partial charge is 0.407 e. The van der Waals surface area contributed by atoms with E-state index in [1.54, 1.807) is 0 Å². The van der Waals surface area contributed by atoms with Crippen molar-refractivity contribution in [2.24, 2.45) is 0 Å². The predicted molar refractivity (Wildman–Crippen MR) is 87.0 cm³/mol. The highest BCUT2D eigenvalue weighted by atomic mass is 79.9. The fraction of sp³-hybridized carbons (Fsp3) is 0.438. The molecule has 4 heteroatoms. The van der Waals surface area contributed by atoms with E-state index in [4.69, 9.17) is 4.74 Å². The second-order valence-corrected chi connectivity index (χ2v) is 6.27. The van der Waals surface area contributed by atoms with Gasteiger partial charge in [-0.1, -0.05) is 46.3 Å². The molecule has 0 atom stereocenters. The van der Waals surface area contributed by atoms with Gasteiger partial charge in [-0.05, 0) is 44.4 Å². The number of halogens is 1. The summed E-state index contributed by atoms with van der Waals surface area (Å²) in [5.74, 6) is 0. The number of carbonyl (C=O) groups is 1. The van der Waals surface area contributed by atoms with Gasteiger partial charge in [0.2, 0.25) is 0 Å². The Kier molecular flexibility index (Phi) is 6.79. The minimum atomic E-state index is -0.468. The first kappa shape index (κ1) is 16.8. The van der Waals surface area contributed by atoms with Crippen LogP contribution in [0.25, 0.3) is 6.08 Å². The van der Waals surface area contributed by atoms with E-state index in [1.165, 1.54) is 0 Å². The predicted octanol–water partition coefficient (Wildman–Crippen LogP) is 4.51. The minimum absolute atomic E-state index is 0.391. The molecule has 0 heterocycles. The maximum atomic E-state index is 11.6. The molecule has 0 saturated carbocycles. The molecule has 0 saturated heterocycles. The average Bonchev–Trinajstić information content (AvgIpc) is 2.35. The summed E-state index contributed by atoms with van der Waals surface area (Å²) in [5.41, 5.74) is 1.72. The van der Waals surface area contributed by atoms with Gasteiger partial charge in [0.25, 0.3) is 0 Å². The van der Waals surface area contributed by atoms with Crippen LogP contribution in [0.5, 0.6) is 0 Å². The second-order valence-electron chi connectivity index (χ2n) is 5.48. The van der Waals surface area contributed by atoms with Crippen molar-refractivity contribution in [2.45, 2.75) is 39.3 Å². The molecule has 1 aromatic rings. The molecular formula is C16H22BrNO2. The normalized spacial score (nSPS) is 11.6. The lowest BCUT2D eigenvalue weighted by molar-refractivity contribution is 0.0523. The molecule has 0 aliphatic carbocycles. The van der Waals surface area contributed by atoms with E-state index in [0.29, 0.717) is 6.54 Å². The first-order chi connectivity index (χ1) is 9.40. The highest BCUT2D eigenvalue weighted by Gasteiger charge is 2.15. The van der Waals surface area contributed by atoms with E-state index in [1.807, 2.05) is 39.0 Å². The Morgan fingerprint density at radius 3 is 2.80 bits per heavy atom. The van der Waals surface area contributed by atoms with Gasteiger partial charge in [-0.2, -0.15) is 0 Å². The van der Waals surface area contributed by atoms with Crippen LogP contribution >= 0.6 is 15.9 Å². The Balaban J connectivity index is 2.52. The van der Waals surface area contributed by atoms with Crippen LogP contribution in [0.15, 0.2) is 30.3 Å². The van der Waals surface area contributed by atoms with Gasteiger partial charge in [-0.25, -0.2) is 4.79 Å². The van der Waals surface area contributed by atoms with Crippen LogP contribution < -0.4 is 5.32 Å². The van der Waals surface area contributed by atoms with Crippen LogP contribution in [0.1, 0.15) is 38.3 Å². The third-order valence-electron chi connectivity index (χ3n) is 2.37. The Bertz CT molecular complexity index is 464. The number of hydrogen-bond donors (Lipinski definition) is 1. The van der Waals surface area contributed by atoms with Gasteiger partial charge in [-0.3, -0.25) is 0 Å². The molecule has 20 heavy (non-hydrogen) atoms. The first-order valence-electron chi connectivity index (χ1n) is 6.69. The molecule has 110 valence electrons. The molecule has 0 radical (unpaired) electrons. The van der Waals surface area contributed by atoms with E-state index in [9.17, 15) is 4.79 Å². The number of rotatable bonds is 5. The molecule has 0 aliphatic heterocycles. The first-order valence-corrected chi connectivity index (χ1v) is 7.81. The lowest BCUT2D eigenvalue weighted by Crippen LogP contribution is -2.32. The number of ether oxygens (including phenoxy) is 1. The topological polar surface area (TPSA) is 38.3 Å². The van der Waals surface area contributed by atoms with Crippen molar-refractivity contribution >= 4 is 28.1 Å². The molecule has 1 rings (SSSR count). The van der Waals surface area contributed by atoms with Gasteiger partial charge in [0.15, 0.2) is 0 Å². The van der Waals surface area contributed by atoms with Gasteiger partial charge in [0.05, 0.1) is 0 Å². The molecule has 0 aliphatic rings. The Morgan fingerprint density at radius 2 is 2.15 bits per heavy atom. The van der Waals surface area contributed by atoms with Crippen LogP contribution in [0.4, 0.5) is 4.79 Å². The Labute approximate surface area is 129 Å². The molecule has 1 amide bonds. The SMILES string of the molecule is CC(C)(C)OC(=O)NCc1cccc(C=CCCBr)c1. The lowest BCUT2D eigenvalue weighted by Gasteiger charge is -2.19. The maximum absolute atomic E-state index is 11.6. The van der Waals surface area contributed by atoms with Gasteiger partial charge < -0.3 is 10.1 Å². The van der Waals surface area contributed by atoms with Gasteiger partial charge in [0, 0.05) is 11.9 Å². The van der Waals surface area contributed by atoms with Gasteiger partial charge in [-0.15, -0.1) is 0 Å². The summed E-state index contributed by atoms with van der Waals surface area (Å²) < 4.78 is 5.20. The summed E-state index contributed by atoms with van der Waals surface area (Å²) in [5, 5.41) is 3.72. The molecule has 1 aromatic carbocycles. The number of amides is 1. The summed E-state index contributed by atoms with van der Waals surface area (Å²) in [6.07, 6.45) is 4.81. The fourth-order valence-electron chi connectivity index (χ4n) is 1.58. The zero-order valence-electron chi connectivity index (χ0n) is 12.3. The number of nitrogens with one attached hydrogen (secondary N) is 1. The lowest BCUT2D eigenvalue weighted by atomic mass is 10.1. The van der Waals surface area contributed by atoms with Crippen molar-refractivity contribution in [3.05, 3.63) is 41.5 Å². The number of allylic oxidation sites excluding steroid dienone is 1. The standard InChI is InChI=1S/C16H22BrNO2/c1-16(2,3)20-15(19)18-12-14-9-6-8-13(11-14)7-4-5-10-17/h4,6-9,11H,5,10,12H2,1-3H3,(H,18,19). The molecule has 3 nitrogen and oxygen atoms in total. The summed E-state index contributed by atoms with van der Waals surface area (Å²) in [7, 11) is 0. The van der Waals surface area contributed by atoms with Crippen LogP contribution in [-0.4, -0.2) is 17.0 Å². The van der Waals surface area contributed by atoms with Crippen LogP contribution in [0.2, 0.25) is 0 Å². The van der Waals surface area contributed by atoms with Crippen molar-refractivity contribution in [1.82, 2.24) is 5.32 Å². The monoisotopic (exact) mass is 339 g/mol. The zero-order chi connectivity index (χ0) is 15.0. The van der Waals surface area contributed by atoms with Crippen LogP contribution in [-0.2, 0) is 11.3 Å². The molecule has 0 spiro atoms. The van der Waals surface area contributed by atoms with Crippen molar-refractivity contribution in [3.63, 3.8) is 0 Å². The molecule has 0 unspecified atom stereocenters. The summed E-state index contributed by atoms with van der Waals surface area (Å²) in [6.45, 7) is 6.01. The zero-order valence-corrected chi connectivity index (χ0v) is 13.9. The van der Waals surface area contributed by atoms with E-state index in [2.05, 4.69) is 39.5 Å². The average molecular weight is 340 g/mol. The highest BCUT2D eigenvalue weighted by Crippen LogP contribution is 2.09. The van der Waals surface area contributed by atoms with E-state index in [-0.39, 0.29) is 0 Å². The number of hydrogen-bond acceptors (Lipinski definition) is 2.